The van der Waals surface area contributed by atoms with Gasteiger partial charge in [0.05, 0.1) is 0 Å². The molecule has 0 aromatic carbocycles. The first kappa shape index (κ1) is 14.8. The molecule has 0 saturated heterocycles. The third-order valence-corrected chi connectivity index (χ3v) is 3.62. The zero-order valence-corrected chi connectivity index (χ0v) is 11.4. The summed E-state index contributed by atoms with van der Waals surface area (Å²) in [5, 5.41) is 11.9. The third-order valence-electron chi connectivity index (χ3n) is 2.29. The fraction of sp³-hybridized carbons (Fsp3) is 0.500. The van der Waals surface area contributed by atoms with Crippen molar-refractivity contribution in [2.45, 2.75) is 25.9 Å². The highest BCUT2D eigenvalue weighted by Crippen LogP contribution is 2.10. The second-order valence-electron chi connectivity index (χ2n) is 4.25. The quantitative estimate of drug-likeness (QED) is 0.692. The van der Waals surface area contributed by atoms with E-state index < -0.39 is 12.0 Å². The Morgan fingerprint density at radius 3 is 2.94 bits per heavy atom. The number of hydrogen-bond donors (Lipinski definition) is 3. The van der Waals surface area contributed by atoms with Crippen LogP contribution in [0.5, 0.6) is 0 Å². The summed E-state index contributed by atoms with van der Waals surface area (Å²) >= 11 is 1.53. The lowest BCUT2D eigenvalue weighted by molar-refractivity contribution is -0.137. The van der Waals surface area contributed by atoms with Crippen molar-refractivity contribution >= 4 is 23.5 Å². The molecule has 18 heavy (non-hydrogen) atoms. The van der Waals surface area contributed by atoms with Gasteiger partial charge in [-0.15, -0.1) is 0 Å². The maximum absolute atomic E-state index is 10.5. The second-order valence-corrected chi connectivity index (χ2v) is 5.32. The lowest BCUT2D eigenvalue weighted by Gasteiger charge is -2.15. The van der Waals surface area contributed by atoms with Crippen LogP contribution in [-0.4, -0.2) is 39.6 Å². The minimum atomic E-state index is -0.955. The number of pyridine rings is 1. The van der Waals surface area contributed by atoms with Crippen molar-refractivity contribution < 1.29 is 9.90 Å². The van der Waals surface area contributed by atoms with E-state index in [1.54, 1.807) is 6.20 Å². The summed E-state index contributed by atoms with van der Waals surface area (Å²) in [6.45, 7) is 4.04. The highest BCUT2D eigenvalue weighted by molar-refractivity contribution is 7.99. The molecule has 0 aliphatic carbocycles. The molecule has 0 spiro atoms. The summed E-state index contributed by atoms with van der Waals surface area (Å²) in [5.74, 6) is 1.09. The van der Waals surface area contributed by atoms with Crippen molar-refractivity contribution in [3.63, 3.8) is 0 Å². The average molecular weight is 269 g/mol. The number of anilines is 1. The Hall–Kier alpha value is -1.27. The zero-order chi connectivity index (χ0) is 13.5. The van der Waals surface area contributed by atoms with Crippen LogP contribution in [0.4, 0.5) is 5.82 Å². The zero-order valence-electron chi connectivity index (χ0n) is 10.6. The molecule has 0 saturated carbocycles. The van der Waals surface area contributed by atoms with Crippen LogP contribution in [0.3, 0.4) is 0 Å². The molecule has 1 rings (SSSR count). The van der Waals surface area contributed by atoms with Gasteiger partial charge in [-0.3, -0.25) is 4.79 Å². The van der Waals surface area contributed by atoms with Crippen molar-refractivity contribution in [3.8, 4) is 0 Å². The fourth-order valence-corrected chi connectivity index (χ4v) is 2.32. The summed E-state index contributed by atoms with van der Waals surface area (Å²) in [6.07, 6.45) is 1.76. The number of aryl methyl sites for hydroxylation is 1. The lowest BCUT2D eigenvalue weighted by Crippen LogP contribution is -2.33. The Balaban J connectivity index is 2.29. The smallest absolute Gasteiger partial charge is 0.321 e. The van der Waals surface area contributed by atoms with Crippen LogP contribution in [0.15, 0.2) is 18.3 Å². The van der Waals surface area contributed by atoms with E-state index in [-0.39, 0.29) is 6.04 Å². The Bertz CT molecular complexity index is 401. The average Bonchev–Trinajstić information content (AvgIpc) is 2.28. The molecule has 0 radical (unpaired) electrons. The predicted molar refractivity (Wildman–Crippen MR) is 75.0 cm³/mol. The van der Waals surface area contributed by atoms with E-state index in [1.807, 2.05) is 26.0 Å². The number of nitrogens with two attached hydrogens (primary N) is 1. The molecular weight excluding hydrogens is 250 g/mol. The molecule has 0 aliphatic heterocycles. The van der Waals surface area contributed by atoms with Crippen molar-refractivity contribution in [2.24, 2.45) is 5.73 Å². The standard InChI is InChI=1S/C12H19N3O2S/c1-8-3-4-14-11(5-8)15-9(2)6-18-7-10(13)12(16)17/h3-5,9-10H,6-7,13H2,1-2H3,(H,14,15)(H,16,17). The number of hydrogen-bond acceptors (Lipinski definition) is 5. The number of nitrogens with one attached hydrogen (secondary N) is 1. The number of aliphatic carboxylic acids is 1. The van der Waals surface area contributed by atoms with Gasteiger partial charge < -0.3 is 16.2 Å². The lowest BCUT2D eigenvalue weighted by atomic mass is 10.3. The molecule has 6 heteroatoms. The van der Waals surface area contributed by atoms with Gasteiger partial charge in [0.25, 0.3) is 0 Å². The number of aromatic nitrogens is 1. The van der Waals surface area contributed by atoms with Crippen LogP contribution in [0, 0.1) is 6.92 Å². The van der Waals surface area contributed by atoms with Gasteiger partial charge in [-0.2, -0.15) is 11.8 Å². The summed E-state index contributed by atoms with van der Waals surface area (Å²) in [6, 6.07) is 3.34. The summed E-state index contributed by atoms with van der Waals surface area (Å²) in [4.78, 5) is 14.8. The van der Waals surface area contributed by atoms with E-state index in [2.05, 4.69) is 10.3 Å². The van der Waals surface area contributed by atoms with Crippen LogP contribution in [-0.2, 0) is 4.79 Å². The highest BCUT2D eigenvalue weighted by Gasteiger charge is 2.12. The predicted octanol–water partition coefficient (Wildman–Crippen LogP) is 1.34. The summed E-state index contributed by atoms with van der Waals surface area (Å²) in [7, 11) is 0. The molecule has 100 valence electrons. The number of thioether (sulfide) groups is 1. The number of carboxylic acids is 1. The van der Waals surface area contributed by atoms with Gasteiger partial charge in [0.1, 0.15) is 11.9 Å². The second kappa shape index (κ2) is 7.23. The number of rotatable bonds is 7. The topological polar surface area (TPSA) is 88.2 Å². The SMILES string of the molecule is Cc1ccnc(NC(C)CSCC(N)C(=O)O)c1. The first-order chi connectivity index (χ1) is 8.49. The van der Waals surface area contributed by atoms with Gasteiger partial charge in [-0.05, 0) is 31.5 Å². The summed E-state index contributed by atoms with van der Waals surface area (Å²) < 4.78 is 0. The minimum absolute atomic E-state index is 0.213. The van der Waals surface area contributed by atoms with Crippen molar-refractivity contribution in [1.82, 2.24) is 4.98 Å². The Labute approximate surface area is 111 Å². The molecule has 2 atom stereocenters. The van der Waals surface area contributed by atoms with Crippen LogP contribution in [0.1, 0.15) is 12.5 Å². The molecule has 0 fully saturated rings. The van der Waals surface area contributed by atoms with Crippen LogP contribution < -0.4 is 11.1 Å². The van der Waals surface area contributed by atoms with E-state index >= 15 is 0 Å². The largest absolute Gasteiger partial charge is 0.480 e. The van der Waals surface area contributed by atoms with Crippen LogP contribution in [0.2, 0.25) is 0 Å². The van der Waals surface area contributed by atoms with Gasteiger partial charge >= 0.3 is 5.97 Å². The molecule has 1 heterocycles. The van der Waals surface area contributed by atoms with E-state index in [9.17, 15) is 4.79 Å². The van der Waals surface area contributed by atoms with Gasteiger partial charge in [-0.1, -0.05) is 0 Å². The molecule has 4 N–H and O–H groups in total. The maximum Gasteiger partial charge on any atom is 0.321 e. The van der Waals surface area contributed by atoms with Crippen LogP contribution >= 0.6 is 11.8 Å². The normalized spacial score (nSPS) is 13.9. The molecule has 0 amide bonds. The monoisotopic (exact) mass is 269 g/mol. The highest BCUT2D eigenvalue weighted by atomic mass is 32.2. The van der Waals surface area contributed by atoms with Crippen molar-refractivity contribution in [2.75, 3.05) is 16.8 Å². The number of carboxylic acid groups (broad SMARTS) is 1. The van der Waals surface area contributed by atoms with Gasteiger partial charge in [0, 0.05) is 23.7 Å². The molecule has 0 bridgehead atoms. The first-order valence-electron chi connectivity index (χ1n) is 5.74. The third kappa shape index (κ3) is 5.37. The molecule has 5 nitrogen and oxygen atoms in total. The van der Waals surface area contributed by atoms with Gasteiger partial charge in [-0.25, -0.2) is 4.98 Å². The molecular formula is C12H19N3O2S. The van der Waals surface area contributed by atoms with E-state index in [4.69, 9.17) is 10.8 Å². The van der Waals surface area contributed by atoms with Gasteiger partial charge in [0.2, 0.25) is 0 Å². The molecule has 0 aliphatic rings. The van der Waals surface area contributed by atoms with E-state index in [1.165, 1.54) is 11.8 Å². The van der Waals surface area contributed by atoms with Crippen molar-refractivity contribution in [3.05, 3.63) is 23.9 Å². The van der Waals surface area contributed by atoms with Crippen molar-refractivity contribution in [1.29, 1.82) is 0 Å². The number of carbonyl (C=O) groups is 1. The molecule has 1 aromatic rings. The Morgan fingerprint density at radius 2 is 2.33 bits per heavy atom. The fourth-order valence-electron chi connectivity index (χ4n) is 1.35. The van der Waals surface area contributed by atoms with Crippen LogP contribution in [0.25, 0.3) is 0 Å². The van der Waals surface area contributed by atoms with Gasteiger partial charge in [0.15, 0.2) is 0 Å². The number of nitrogens with zero attached hydrogens (tertiary/aromatic N) is 1. The minimum Gasteiger partial charge on any atom is -0.480 e. The first-order valence-corrected chi connectivity index (χ1v) is 6.90. The van der Waals surface area contributed by atoms with E-state index in [0.29, 0.717) is 5.75 Å². The maximum atomic E-state index is 10.5. The Morgan fingerprint density at radius 1 is 1.61 bits per heavy atom. The summed E-state index contributed by atoms with van der Waals surface area (Å²) in [5.41, 5.74) is 6.58. The van der Waals surface area contributed by atoms with E-state index in [0.717, 1.165) is 17.1 Å². The molecule has 1 aromatic heterocycles. The molecule has 2 unspecified atom stereocenters. The Kier molecular flexibility index (Phi) is 5.94.